The highest BCUT2D eigenvalue weighted by molar-refractivity contribution is 6.02. The second kappa shape index (κ2) is 10.9. The monoisotopic (exact) mass is 420 g/mol. The van der Waals surface area contributed by atoms with Crippen molar-refractivity contribution in [3.05, 3.63) is 95.3 Å². The maximum atomic E-state index is 13.1. The molecule has 31 heavy (non-hydrogen) atoms. The van der Waals surface area contributed by atoms with E-state index in [9.17, 15) is 9.18 Å². The Balaban J connectivity index is 1.56. The van der Waals surface area contributed by atoms with Crippen molar-refractivity contribution in [2.45, 2.75) is 26.9 Å². The molecule has 0 bridgehead atoms. The van der Waals surface area contributed by atoms with Crippen LogP contribution < -0.4 is 14.9 Å². The summed E-state index contributed by atoms with van der Waals surface area (Å²) in [5.41, 5.74) is 5.44. The number of carbonyl (C=O) groups is 1. The quantitative estimate of drug-likeness (QED) is 0.375. The number of hydrogen-bond donors (Lipinski definition) is 1. The van der Waals surface area contributed by atoms with Crippen LogP contribution in [0.15, 0.2) is 77.9 Å². The number of halogens is 1. The van der Waals surface area contributed by atoms with Gasteiger partial charge in [-0.15, -0.1) is 0 Å². The molecule has 0 saturated heterocycles. The Bertz CT molecular complexity index is 1010. The van der Waals surface area contributed by atoms with Gasteiger partial charge in [-0.1, -0.05) is 31.2 Å². The van der Waals surface area contributed by atoms with Gasteiger partial charge in [-0.05, 0) is 73.0 Å². The first-order chi connectivity index (χ1) is 15.1. The minimum absolute atomic E-state index is 0.310. The molecule has 0 aliphatic heterocycles. The lowest BCUT2D eigenvalue weighted by Crippen LogP contribution is -2.20. The van der Waals surface area contributed by atoms with Crippen LogP contribution in [0.2, 0.25) is 0 Å². The lowest BCUT2D eigenvalue weighted by Gasteiger charge is -2.09. The van der Waals surface area contributed by atoms with Crippen LogP contribution in [0.25, 0.3) is 0 Å². The van der Waals surface area contributed by atoms with E-state index in [0.717, 1.165) is 22.6 Å². The number of hydrogen-bond acceptors (Lipinski definition) is 4. The van der Waals surface area contributed by atoms with Crippen molar-refractivity contribution in [2.24, 2.45) is 5.10 Å². The third kappa shape index (κ3) is 6.40. The second-order valence-corrected chi connectivity index (χ2v) is 6.75. The predicted molar refractivity (Wildman–Crippen MR) is 119 cm³/mol. The van der Waals surface area contributed by atoms with E-state index in [2.05, 4.69) is 10.5 Å². The summed E-state index contributed by atoms with van der Waals surface area (Å²) in [6.45, 7) is 4.87. The van der Waals surface area contributed by atoms with Crippen molar-refractivity contribution < 1.29 is 18.7 Å². The maximum absolute atomic E-state index is 13.1. The average Bonchev–Trinajstić information content (AvgIpc) is 2.80. The van der Waals surface area contributed by atoms with E-state index in [1.54, 1.807) is 24.3 Å². The van der Waals surface area contributed by atoms with Crippen LogP contribution in [0.5, 0.6) is 11.5 Å². The standard InChI is InChI=1S/C25H25FN2O3/c1-3-24(19-9-11-21(26)12-10-19)27-28-25(29)20-7-5-18(6-8-20)17-31-23-15-13-22(14-16-23)30-4-2/h5-16H,3-4,17H2,1-2H3,(H,28,29)/b27-24-. The Kier molecular flexibility index (Phi) is 7.76. The van der Waals surface area contributed by atoms with Crippen LogP contribution in [0.1, 0.15) is 41.8 Å². The SMILES string of the molecule is CCOc1ccc(OCc2ccc(C(=O)N/N=C(/CC)c3ccc(F)cc3)cc2)cc1. The summed E-state index contributed by atoms with van der Waals surface area (Å²) in [7, 11) is 0. The van der Waals surface area contributed by atoms with Crippen molar-refractivity contribution in [3.8, 4) is 11.5 Å². The zero-order chi connectivity index (χ0) is 22.1. The third-order valence-corrected chi connectivity index (χ3v) is 4.56. The molecule has 160 valence electrons. The molecule has 0 atom stereocenters. The first kappa shape index (κ1) is 22.0. The maximum Gasteiger partial charge on any atom is 0.271 e. The fourth-order valence-corrected chi connectivity index (χ4v) is 2.89. The zero-order valence-corrected chi connectivity index (χ0v) is 17.6. The third-order valence-electron chi connectivity index (χ3n) is 4.56. The molecule has 1 N–H and O–H groups in total. The lowest BCUT2D eigenvalue weighted by molar-refractivity contribution is 0.0954. The van der Waals surface area contributed by atoms with Gasteiger partial charge in [0.1, 0.15) is 23.9 Å². The van der Waals surface area contributed by atoms with Gasteiger partial charge in [-0.3, -0.25) is 4.79 Å². The molecular weight excluding hydrogens is 395 g/mol. The molecular formula is C25H25FN2O3. The fourth-order valence-electron chi connectivity index (χ4n) is 2.89. The lowest BCUT2D eigenvalue weighted by atomic mass is 10.1. The first-order valence-electron chi connectivity index (χ1n) is 10.2. The van der Waals surface area contributed by atoms with Gasteiger partial charge in [0.15, 0.2) is 0 Å². The molecule has 6 heteroatoms. The summed E-state index contributed by atoms with van der Waals surface area (Å²) < 4.78 is 24.3. The van der Waals surface area contributed by atoms with Gasteiger partial charge in [-0.25, -0.2) is 9.82 Å². The molecule has 3 aromatic rings. The van der Waals surface area contributed by atoms with Crippen LogP contribution in [0, 0.1) is 5.82 Å². The molecule has 0 spiro atoms. The molecule has 0 aliphatic rings. The van der Waals surface area contributed by atoms with E-state index < -0.39 is 0 Å². The molecule has 0 aromatic heterocycles. The largest absolute Gasteiger partial charge is 0.494 e. The van der Waals surface area contributed by atoms with Gasteiger partial charge in [0.25, 0.3) is 5.91 Å². The summed E-state index contributed by atoms with van der Waals surface area (Å²) in [5.74, 6) is 0.924. The molecule has 0 radical (unpaired) electrons. The summed E-state index contributed by atoms with van der Waals surface area (Å²) in [6, 6.07) is 20.6. The Morgan fingerprint density at radius 1 is 0.839 bits per heavy atom. The van der Waals surface area contributed by atoms with Crippen molar-refractivity contribution in [2.75, 3.05) is 6.61 Å². The normalized spacial score (nSPS) is 11.1. The van der Waals surface area contributed by atoms with Crippen LogP contribution in [0.3, 0.4) is 0 Å². The minimum Gasteiger partial charge on any atom is -0.494 e. The number of carbonyl (C=O) groups excluding carboxylic acids is 1. The van der Waals surface area contributed by atoms with Crippen molar-refractivity contribution in [3.63, 3.8) is 0 Å². The molecule has 0 unspecified atom stereocenters. The number of hydrazone groups is 1. The summed E-state index contributed by atoms with van der Waals surface area (Å²) in [6.07, 6.45) is 0.605. The highest BCUT2D eigenvalue weighted by Gasteiger charge is 2.07. The van der Waals surface area contributed by atoms with Crippen LogP contribution >= 0.6 is 0 Å². The number of benzene rings is 3. The Morgan fingerprint density at radius 3 is 2.00 bits per heavy atom. The topological polar surface area (TPSA) is 59.9 Å². The molecule has 5 nitrogen and oxygen atoms in total. The number of amides is 1. The fraction of sp³-hybridized carbons (Fsp3) is 0.200. The van der Waals surface area contributed by atoms with E-state index in [0.29, 0.717) is 30.9 Å². The number of rotatable bonds is 9. The van der Waals surface area contributed by atoms with E-state index in [1.165, 1.54) is 12.1 Å². The second-order valence-electron chi connectivity index (χ2n) is 6.75. The van der Waals surface area contributed by atoms with Gasteiger partial charge in [0.05, 0.1) is 12.3 Å². The van der Waals surface area contributed by atoms with E-state index in [4.69, 9.17) is 9.47 Å². The van der Waals surface area contributed by atoms with Crippen LogP contribution in [0.4, 0.5) is 4.39 Å². The van der Waals surface area contributed by atoms with Gasteiger partial charge >= 0.3 is 0 Å². The summed E-state index contributed by atoms with van der Waals surface area (Å²) >= 11 is 0. The molecule has 0 fully saturated rings. The van der Waals surface area contributed by atoms with E-state index in [1.807, 2.05) is 50.2 Å². The van der Waals surface area contributed by atoms with E-state index >= 15 is 0 Å². The van der Waals surface area contributed by atoms with E-state index in [-0.39, 0.29) is 11.7 Å². The molecule has 0 heterocycles. The average molecular weight is 420 g/mol. The summed E-state index contributed by atoms with van der Waals surface area (Å²) in [4.78, 5) is 12.4. The Labute approximate surface area is 181 Å². The number of nitrogens with one attached hydrogen (secondary N) is 1. The van der Waals surface area contributed by atoms with Gasteiger partial charge < -0.3 is 9.47 Å². The predicted octanol–water partition coefficient (Wildman–Crippen LogP) is 5.35. The molecule has 3 aromatic carbocycles. The molecule has 3 rings (SSSR count). The Hall–Kier alpha value is -3.67. The number of ether oxygens (including phenoxy) is 2. The number of nitrogens with zero attached hydrogens (tertiary/aromatic N) is 1. The highest BCUT2D eigenvalue weighted by Crippen LogP contribution is 2.19. The molecule has 1 amide bonds. The van der Waals surface area contributed by atoms with Gasteiger partial charge in [0, 0.05) is 5.56 Å². The van der Waals surface area contributed by atoms with Crippen molar-refractivity contribution >= 4 is 11.6 Å². The zero-order valence-electron chi connectivity index (χ0n) is 17.6. The molecule has 0 saturated carbocycles. The van der Waals surface area contributed by atoms with Gasteiger partial charge in [-0.2, -0.15) is 5.10 Å². The highest BCUT2D eigenvalue weighted by atomic mass is 19.1. The summed E-state index contributed by atoms with van der Waals surface area (Å²) in [5, 5.41) is 4.20. The molecule has 0 aliphatic carbocycles. The van der Waals surface area contributed by atoms with Gasteiger partial charge in [0.2, 0.25) is 0 Å². The minimum atomic E-state index is -0.313. The first-order valence-corrected chi connectivity index (χ1v) is 10.2. The van der Waals surface area contributed by atoms with Crippen LogP contribution in [-0.2, 0) is 6.61 Å². The smallest absolute Gasteiger partial charge is 0.271 e. The Morgan fingerprint density at radius 2 is 1.42 bits per heavy atom. The van der Waals surface area contributed by atoms with Crippen molar-refractivity contribution in [1.82, 2.24) is 5.43 Å². The van der Waals surface area contributed by atoms with Crippen LogP contribution in [-0.4, -0.2) is 18.2 Å². The van der Waals surface area contributed by atoms with Crippen molar-refractivity contribution in [1.29, 1.82) is 0 Å².